The van der Waals surface area contributed by atoms with Crippen molar-refractivity contribution in [3.8, 4) is 11.5 Å². The highest BCUT2D eigenvalue weighted by Gasteiger charge is 2.32. The van der Waals surface area contributed by atoms with Crippen molar-refractivity contribution in [1.29, 1.82) is 0 Å². The molecule has 214 valence electrons. The predicted octanol–water partition coefficient (Wildman–Crippen LogP) is 5.66. The summed E-state index contributed by atoms with van der Waals surface area (Å²) in [5.41, 5.74) is 2.30. The second kappa shape index (κ2) is 12.9. The number of carbonyl (C=O) groups excluding carboxylic acids is 1. The molecule has 0 bridgehead atoms. The Bertz CT molecular complexity index is 1660. The summed E-state index contributed by atoms with van der Waals surface area (Å²) in [5, 5.41) is 6.59. The van der Waals surface area contributed by atoms with Crippen LogP contribution in [0.3, 0.4) is 0 Å². The van der Waals surface area contributed by atoms with Gasteiger partial charge < -0.3 is 20.1 Å². The Morgan fingerprint density at radius 3 is 2.68 bits per heavy atom. The number of halogens is 2. The fourth-order valence-electron chi connectivity index (χ4n) is 4.31. The van der Waals surface area contributed by atoms with E-state index in [1.54, 1.807) is 42.5 Å². The highest BCUT2D eigenvalue weighted by molar-refractivity contribution is 8.61. The lowest BCUT2D eigenvalue weighted by atomic mass is 10.1. The van der Waals surface area contributed by atoms with Gasteiger partial charge in [0.2, 0.25) is 5.91 Å². The normalized spacial score (nSPS) is 18.3. The van der Waals surface area contributed by atoms with Crippen LogP contribution < -0.4 is 20.1 Å². The minimum absolute atomic E-state index is 0.00944. The van der Waals surface area contributed by atoms with Gasteiger partial charge in [-0.25, -0.2) is 22.8 Å². The van der Waals surface area contributed by atoms with Crippen LogP contribution in [0, 0.1) is 5.82 Å². The second-order valence-corrected chi connectivity index (χ2v) is 13.9. The van der Waals surface area contributed by atoms with E-state index in [-0.39, 0.29) is 24.8 Å². The van der Waals surface area contributed by atoms with Crippen LogP contribution >= 0.6 is 11.6 Å². The van der Waals surface area contributed by atoms with Gasteiger partial charge in [-0.2, -0.15) is 0 Å². The van der Waals surface area contributed by atoms with Crippen molar-refractivity contribution in [3.63, 3.8) is 0 Å². The first-order valence-electron chi connectivity index (χ1n) is 12.8. The van der Waals surface area contributed by atoms with Crippen LogP contribution in [0.5, 0.6) is 11.5 Å². The zero-order valence-electron chi connectivity index (χ0n) is 21.9. The summed E-state index contributed by atoms with van der Waals surface area (Å²) >= 11 is 6.46. The SMILES string of the molecule is CCOc1cc2ncnc(Nc3ccc(OCc4cccc(F)c4)c(Cl)c3)c2cc1NC(=O)CC1CCS(=O)S1=O. The van der Waals surface area contributed by atoms with Crippen LogP contribution in [-0.2, 0) is 31.1 Å². The third kappa shape index (κ3) is 7.00. The summed E-state index contributed by atoms with van der Waals surface area (Å²) in [6.07, 6.45) is 1.87. The number of carbonyl (C=O) groups is 1. The van der Waals surface area contributed by atoms with Crippen molar-refractivity contribution in [2.24, 2.45) is 0 Å². The van der Waals surface area contributed by atoms with Gasteiger partial charge in [-0.05, 0) is 55.3 Å². The minimum Gasteiger partial charge on any atom is -0.492 e. The molecule has 1 aromatic heterocycles. The van der Waals surface area contributed by atoms with Crippen molar-refractivity contribution < 1.29 is 27.1 Å². The van der Waals surface area contributed by atoms with Crippen molar-refractivity contribution in [2.75, 3.05) is 23.0 Å². The number of rotatable bonds is 10. The molecule has 9 nitrogen and oxygen atoms in total. The first kappa shape index (κ1) is 28.9. The number of hydrogen-bond acceptors (Lipinski definition) is 8. The van der Waals surface area contributed by atoms with Gasteiger partial charge in [0.05, 0.1) is 28.1 Å². The Labute approximate surface area is 245 Å². The quantitative estimate of drug-likeness (QED) is 0.219. The molecule has 2 N–H and O–H groups in total. The number of amides is 1. The average molecular weight is 617 g/mol. The van der Waals surface area contributed by atoms with Crippen LogP contribution in [0.2, 0.25) is 5.02 Å². The molecule has 0 spiro atoms. The van der Waals surface area contributed by atoms with Gasteiger partial charge in [0.25, 0.3) is 0 Å². The molecular weight excluding hydrogens is 591 g/mol. The van der Waals surface area contributed by atoms with Gasteiger partial charge in [0, 0.05) is 29.3 Å². The van der Waals surface area contributed by atoms with E-state index in [0.717, 1.165) is 0 Å². The van der Waals surface area contributed by atoms with Gasteiger partial charge in [-0.1, -0.05) is 23.7 Å². The summed E-state index contributed by atoms with van der Waals surface area (Å²) in [6.45, 7) is 2.35. The van der Waals surface area contributed by atoms with Gasteiger partial charge >= 0.3 is 0 Å². The molecule has 3 aromatic carbocycles. The summed E-state index contributed by atoms with van der Waals surface area (Å²) < 4.78 is 48.9. The molecule has 2 heterocycles. The van der Waals surface area contributed by atoms with E-state index in [1.165, 1.54) is 18.5 Å². The third-order valence-corrected chi connectivity index (χ3v) is 10.9. The van der Waals surface area contributed by atoms with Crippen LogP contribution in [-0.4, -0.2) is 41.9 Å². The zero-order chi connectivity index (χ0) is 28.9. The Morgan fingerprint density at radius 1 is 1.10 bits per heavy atom. The lowest BCUT2D eigenvalue weighted by molar-refractivity contribution is -0.116. The van der Waals surface area contributed by atoms with E-state index in [9.17, 15) is 17.6 Å². The highest BCUT2D eigenvalue weighted by atomic mass is 35.5. The fraction of sp³-hybridized carbons (Fsp3) is 0.250. The number of ether oxygens (including phenoxy) is 2. The molecule has 3 atom stereocenters. The topological polar surface area (TPSA) is 120 Å². The van der Waals surface area contributed by atoms with E-state index >= 15 is 0 Å². The Morgan fingerprint density at radius 2 is 1.95 bits per heavy atom. The first-order chi connectivity index (χ1) is 19.8. The van der Waals surface area contributed by atoms with Crippen molar-refractivity contribution in [3.05, 3.63) is 77.3 Å². The Kier molecular flexibility index (Phi) is 9.11. The monoisotopic (exact) mass is 616 g/mol. The van der Waals surface area contributed by atoms with E-state index in [2.05, 4.69) is 20.6 Å². The second-order valence-electron chi connectivity index (χ2n) is 9.14. The molecule has 0 aliphatic carbocycles. The molecule has 13 heteroatoms. The molecule has 3 unspecified atom stereocenters. The fourth-order valence-corrected chi connectivity index (χ4v) is 8.42. The first-order valence-corrected chi connectivity index (χ1v) is 16.2. The third-order valence-electron chi connectivity index (χ3n) is 6.26. The van der Waals surface area contributed by atoms with Crippen LogP contribution in [0.4, 0.5) is 21.6 Å². The van der Waals surface area contributed by atoms with Crippen molar-refractivity contribution >= 4 is 65.3 Å². The molecule has 1 amide bonds. The van der Waals surface area contributed by atoms with E-state index < -0.39 is 24.9 Å². The Hall–Kier alpha value is -3.61. The molecule has 0 radical (unpaired) electrons. The summed E-state index contributed by atoms with van der Waals surface area (Å²) in [4.78, 5) is 21.6. The number of benzene rings is 3. The van der Waals surface area contributed by atoms with E-state index in [4.69, 9.17) is 21.1 Å². The summed E-state index contributed by atoms with van der Waals surface area (Å²) in [7, 11) is -2.95. The van der Waals surface area contributed by atoms with Crippen molar-refractivity contribution in [1.82, 2.24) is 9.97 Å². The predicted molar refractivity (Wildman–Crippen MR) is 159 cm³/mol. The lowest BCUT2D eigenvalue weighted by Gasteiger charge is -2.16. The maximum absolute atomic E-state index is 13.5. The van der Waals surface area contributed by atoms with Crippen LogP contribution in [0.25, 0.3) is 10.9 Å². The molecule has 0 saturated carbocycles. The number of hydrogen-bond donors (Lipinski definition) is 2. The number of nitrogens with zero attached hydrogens (tertiary/aromatic N) is 2. The van der Waals surface area contributed by atoms with Gasteiger partial charge in [-0.15, -0.1) is 0 Å². The van der Waals surface area contributed by atoms with Crippen LogP contribution in [0.1, 0.15) is 25.3 Å². The molecule has 5 rings (SSSR count). The molecule has 41 heavy (non-hydrogen) atoms. The molecule has 1 aliphatic heterocycles. The summed E-state index contributed by atoms with van der Waals surface area (Å²) in [6, 6.07) is 14.7. The van der Waals surface area contributed by atoms with Gasteiger partial charge in [-0.3, -0.25) is 4.79 Å². The largest absolute Gasteiger partial charge is 0.492 e. The zero-order valence-corrected chi connectivity index (χ0v) is 24.3. The molecule has 4 aromatic rings. The average Bonchev–Trinajstić information content (AvgIpc) is 3.25. The Balaban J connectivity index is 1.35. The van der Waals surface area contributed by atoms with Gasteiger partial charge in [0.15, 0.2) is 0 Å². The van der Waals surface area contributed by atoms with E-state index in [0.29, 0.717) is 69.0 Å². The lowest BCUT2D eigenvalue weighted by Crippen LogP contribution is -2.21. The number of nitrogens with one attached hydrogen (secondary N) is 2. The maximum atomic E-state index is 13.5. The van der Waals surface area contributed by atoms with E-state index in [1.807, 2.05) is 6.92 Å². The molecular formula is C28H26ClFN4O5S2. The number of fused-ring (bicyclic) bond motifs is 1. The standard InChI is InChI=1S/C28H26ClFN4O5S2/c1-2-38-26-14-23-21(13-24(26)34-27(35)12-20-8-9-40(36)41(20)37)28(32-16-31-23)33-19-6-7-25(22(29)11-19)39-15-17-4-3-5-18(30)10-17/h3-7,10-11,13-14,16,20H,2,8-9,12,15H2,1H3,(H,34,35)(H,31,32,33). The van der Waals surface area contributed by atoms with Crippen LogP contribution in [0.15, 0.2) is 60.9 Å². The van der Waals surface area contributed by atoms with Crippen molar-refractivity contribution in [2.45, 2.75) is 31.6 Å². The van der Waals surface area contributed by atoms with Gasteiger partial charge in [0.1, 0.15) is 55.7 Å². The smallest absolute Gasteiger partial charge is 0.225 e. The number of anilines is 3. The minimum atomic E-state index is -1.54. The molecule has 1 aliphatic rings. The molecule has 1 fully saturated rings. The summed E-state index contributed by atoms with van der Waals surface area (Å²) in [5.74, 6) is 0.971. The number of aromatic nitrogens is 2. The highest BCUT2D eigenvalue weighted by Crippen LogP contribution is 2.35. The maximum Gasteiger partial charge on any atom is 0.225 e. The molecule has 1 saturated heterocycles.